The van der Waals surface area contributed by atoms with Crippen LogP contribution in [0.2, 0.25) is 0 Å². The van der Waals surface area contributed by atoms with Gasteiger partial charge >= 0.3 is 11.9 Å². The van der Waals surface area contributed by atoms with E-state index in [0.29, 0.717) is 17.7 Å². The predicted molar refractivity (Wildman–Crippen MR) is 141 cm³/mol. The number of H-pyrrole nitrogens is 2. The quantitative estimate of drug-likeness (QED) is 0.154. The SMILES string of the molecule is NC(Cc1cnc[nH]1)C(=O)NC(Cc1c[nH]c2ccccc12)C(=O)NC(CC(=O)O)C(=O)N1CCCC1C(=O)O. The van der Waals surface area contributed by atoms with Gasteiger partial charge in [-0.1, -0.05) is 18.2 Å². The third-order valence-electron chi connectivity index (χ3n) is 6.88. The molecule has 8 N–H and O–H groups in total. The highest BCUT2D eigenvalue weighted by molar-refractivity contribution is 5.96. The van der Waals surface area contributed by atoms with Gasteiger partial charge in [-0.2, -0.15) is 0 Å². The van der Waals surface area contributed by atoms with Crippen molar-refractivity contribution in [1.29, 1.82) is 0 Å². The Morgan fingerprint density at radius 2 is 1.80 bits per heavy atom. The van der Waals surface area contributed by atoms with Gasteiger partial charge in [0.1, 0.15) is 18.1 Å². The number of hydrogen-bond donors (Lipinski definition) is 7. The molecule has 40 heavy (non-hydrogen) atoms. The summed E-state index contributed by atoms with van der Waals surface area (Å²) in [5.74, 6) is -4.82. The van der Waals surface area contributed by atoms with Crippen molar-refractivity contribution in [2.24, 2.45) is 5.73 Å². The Kier molecular flexibility index (Phi) is 8.79. The molecule has 3 amide bonds. The van der Waals surface area contributed by atoms with Gasteiger partial charge in [0.05, 0.1) is 18.8 Å². The number of aromatic nitrogens is 3. The Morgan fingerprint density at radius 3 is 2.50 bits per heavy atom. The van der Waals surface area contributed by atoms with E-state index in [-0.39, 0.29) is 25.8 Å². The van der Waals surface area contributed by atoms with Gasteiger partial charge in [0.25, 0.3) is 0 Å². The normalized spacial score (nSPS) is 17.2. The summed E-state index contributed by atoms with van der Waals surface area (Å²) in [6, 6.07) is 2.46. The van der Waals surface area contributed by atoms with E-state index in [4.69, 9.17) is 5.73 Å². The fourth-order valence-corrected chi connectivity index (χ4v) is 4.87. The molecule has 4 rings (SSSR count). The van der Waals surface area contributed by atoms with Gasteiger partial charge in [0.15, 0.2) is 0 Å². The second-order valence-corrected chi connectivity index (χ2v) is 9.70. The van der Waals surface area contributed by atoms with Crippen LogP contribution >= 0.6 is 0 Å². The molecule has 0 saturated carbocycles. The fourth-order valence-electron chi connectivity index (χ4n) is 4.87. The second kappa shape index (κ2) is 12.4. The van der Waals surface area contributed by atoms with Crippen LogP contribution in [0.1, 0.15) is 30.5 Å². The van der Waals surface area contributed by atoms with Crippen molar-refractivity contribution in [3.63, 3.8) is 0 Å². The molecule has 14 heteroatoms. The summed E-state index contributed by atoms with van der Waals surface area (Å²) < 4.78 is 0. The predicted octanol–water partition coefficient (Wildman–Crippen LogP) is -0.477. The lowest BCUT2D eigenvalue weighted by molar-refractivity contribution is -0.150. The Bertz CT molecular complexity index is 1390. The molecule has 0 bridgehead atoms. The first-order chi connectivity index (χ1) is 19.1. The monoisotopic (exact) mass is 553 g/mol. The van der Waals surface area contributed by atoms with Crippen LogP contribution in [0.5, 0.6) is 0 Å². The zero-order valence-electron chi connectivity index (χ0n) is 21.5. The zero-order valence-corrected chi connectivity index (χ0v) is 21.5. The molecule has 14 nitrogen and oxygen atoms in total. The van der Waals surface area contributed by atoms with E-state index < -0.39 is 60.2 Å². The number of rotatable bonds is 12. The number of likely N-dealkylation sites (tertiary alicyclic amines) is 1. The number of nitrogens with zero attached hydrogens (tertiary/aromatic N) is 2. The number of aromatic amines is 2. The minimum atomic E-state index is -1.54. The molecule has 4 atom stereocenters. The van der Waals surface area contributed by atoms with E-state index in [0.717, 1.165) is 15.8 Å². The number of benzene rings is 1. The lowest BCUT2D eigenvalue weighted by atomic mass is 10.0. The average molecular weight is 554 g/mol. The highest BCUT2D eigenvalue weighted by Crippen LogP contribution is 2.21. The van der Waals surface area contributed by atoms with E-state index >= 15 is 0 Å². The van der Waals surface area contributed by atoms with E-state index in [9.17, 15) is 34.2 Å². The maximum atomic E-state index is 13.5. The van der Waals surface area contributed by atoms with Gasteiger partial charge in [-0.3, -0.25) is 19.2 Å². The zero-order chi connectivity index (χ0) is 28.8. The van der Waals surface area contributed by atoms with Gasteiger partial charge in [-0.15, -0.1) is 0 Å². The van der Waals surface area contributed by atoms with Crippen molar-refractivity contribution in [2.75, 3.05) is 6.54 Å². The molecule has 0 radical (unpaired) electrons. The maximum absolute atomic E-state index is 13.5. The first-order valence-corrected chi connectivity index (χ1v) is 12.8. The van der Waals surface area contributed by atoms with Crippen LogP contribution in [0.4, 0.5) is 0 Å². The molecular formula is C26H31N7O7. The number of carbonyl (C=O) groups is 5. The van der Waals surface area contributed by atoms with Crippen molar-refractivity contribution in [3.8, 4) is 0 Å². The molecule has 3 aromatic rings. The summed E-state index contributed by atoms with van der Waals surface area (Å²) >= 11 is 0. The van der Waals surface area contributed by atoms with Gasteiger partial charge in [0.2, 0.25) is 17.7 Å². The van der Waals surface area contributed by atoms with Gasteiger partial charge in [-0.05, 0) is 24.5 Å². The number of hydrogen-bond acceptors (Lipinski definition) is 7. The number of aliphatic carboxylic acids is 2. The Labute approximate surface area is 228 Å². The van der Waals surface area contributed by atoms with Crippen LogP contribution in [-0.4, -0.2) is 90.4 Å². The summed E-state index contributed by atoms with van der Waals surface area (Å²) in [7, 11) is 0. The average Bonchev–Trinajstić information content (AvgIpc) is 3.68. The largest absolute Gasteiger partial charge is 0.481 e. The van der Waals surface area contributed by atoms with Crippen molar-refractivity contribution in [2.45, 2.75) is 56.3 Å². The molecule has 1 aromatic carbocycles. The summed E-state index contributed by atoms with van der Waals surface area (Å²) in [6.45, 7) is 0.125. The third-order valence-corrected chi connectivity index (χ3v) is 6.88. The van der Waals surface area contributed by atoms with Crippen LogP contribution in [-0.2, 0) is 36.8 Å². The summed E-state index contributed by atoms with van der Waals surface area (Å²) in [5.41, 5.74) is 8.20. The standard InChI is InChI=1S/C26H31N7O7/c27-17(9-15-12-28-13-30-15)23(36)31-19(8-14-11-29-18-5-2-1-4-16(14)18)24(37)32-20(10-22(34)35)25(38)33-7-3-6-21(33)26(39)40/h1-2,4-5,11-13,17,19-21,29H,3,6-10,27H2,(H,28,30)(H,31,36)(H,32,37)(H,34,35)(H,39,40). The Balaban J connectivity index is 1.56. The Hall–Kier alpha value is -4.72. The first kappa shape index (κ1) is 28.3. The number of para-hydroxylation sites is 1. The molecule has 1 saturated heterocycles. The van der Waals surface area contributed by atoms with Crippen LogP contribution in [0, 0.1) is 0 Å². The number of carboxylic acids is 2. The highest BCUT2D eigenvalue weighted by Gasteiger charge is 2.39. The van der Waals surface area contributed by atoms with Gasteiger partial charge < -0.3 is 41.4 Å². The molecular weight excluding hydrogens is 522 g/mol. The van der Waals surface area contributed by atoms with E-state index in [2.05, 4.69) is 25.6 Å². The fraction of sp³-hybridized carbons (Fsp3) is 0.385. The van der Waals surface area contributed by atoms with Crippen LogP contribution in [0.15, 0.2) is 43.0 Å². The molecule has 3 heterocycles. The summed E-state index contributed by atoms with van der Waals surface area (Å²) in [5, 5.41) is 24.8. The number of amides is 3. The molecule has 4 unspecified atom stereocenters. The minimum absolute atomic E-state index is 0.00775. The van der Waals surface area contributed by atoms with E-state index in [1.807, 2.05) is 24.3 Å². The molecule has 2 aromatic heterocycles. The van der Waals surface area contributed by atoms with Crippen molar-refractivity contribution >= 4 is 40.6 Å². The maximum Gasteiger partial charge on any atom is 0.326 e. The van der Waals surface area contributed by atoms with E-state index in [1.54, 1.807) is 6.20 Å². The molecule has 0 aliphatic carbocycles. The molecule has 1 aliphatic rings. The topological polar surface area (TPSA) is 224 Å². The van der Waals surface area contributed by atoms with Crippen LogP contribution in [0.3, 0.4) is 0 Å². The minimum Gasteiger partial charge on any atom is -0.481 e. The van der Waals surface area contributed by atoms with Crippen LogP contribution in [0.25, 0.3) is 10.9 Å². The number of nitrogens with two attached hydrogens (primary N) is 1. The molecule has 212 valence electrons. The van der Waals surface area contributed by atoms with E-state index in [1.165, 1.54) is 12.5 Å². The van der Waals surface area contributed by atoms with Crippen molar-refractivity contribution < 1.29 is 34.2 Å². The lowest BCUT2D eigenvalue weighted by Crippen LogP contribution is -2.58. The van der Waals surface area contributed by atoms with Gasteiger partial charge in [-0.25, -0.2) is 9.78 Å². The summed E-state index contributed by atoms with van der Waals surface area (Å²) in [6.07, 6.45) is 4.69. The smallest absolute Gasteiger partial charge is 0.326 e. The van der Waals surface area contributed by atoms with Crippen molar-refractivity contribution in [3.05, 3.63) is 54.2 Å². The number of imidazole rings is 1. The molecule has 0 spiro atoms. The summed E-state index contributed by atoms with van der Waals surface area (Å²) in [4.78, 5) is 73.9. The molecule has 1 fully saturated rings. The number of fused-ring (bicyclic) bond motifs is 1. The number of carbonyl (C=O) groups excluding carboxylic acids is 3. The van der Waals surface area contributed by atoms with Crippen molar-refractivity contribution in [1.82, 2.24) is 30.5 Å². The highest BCUT2D eigenvalue weighted by atomic mass is 16.4. The third kappa shape index (κ3) is 6.64. The van der Waals surface area contributed by atoms with Gasteiger partial charge in [0, 0.05) is 48.4 Å². The second-order valence-electron chi connectivity index (χ2n) is 9.70. The Morgan fingerprint density at radius 1 is 1.05 bits per heavy atom. The number of nitrogens with one attached hydrogen (secondary N) is 4. The lowest BCUT2D eigenvalue weighted by Gasteiger charge is -2.28. The molecule has 1 aliphatic heterocycles. The number of carboxylic acid groups (broad SMARTS) is 2. The first-order valence-electron chi connectivity index (χ1n) is 12.8. The van der Waals surface area contributed by atoms with Crippen LogP contribution < -0.4 is 16.4 Å².